The van der Waals surface area contributed by atoms with Crippen molar-refractivity contribution in [3.63, 3.8) is 0 Å². The molecule has 1 heterocycles. The van der Waals surface area contributed by atoms with Gasteiger partial charge in [-0.15, -0.1) is 0 Å². The molecule has 0 amide bonds. The normalized spacial score (nSPS) is 26.3. The maximum absolute atomic E-state index is 10.5. The summed E-state index contributed by atoms with van der Waals surface area (Å²) in [6, 6.07) is 0. The third-order valence-electron chi connectivity index (χ3n) is 1.39. The molecule has 1 fully saturated rings. The highest BCUT2D eigenvalue weighted by atomic mass is 16.8. The number of cyclic esters (lactones) is 2. The van der Waals surface area contributed by atoms with Crippen molar-refractivity contribution in [3.05, 3.63) is 11.8 Å². The highest BCUT2D eigenvalue weighted by Crippen LogP contribution is 2.29. The lowest BCUT2D eigenvalue weighted by molar-refractivity contribution is 0.0872. The van der Waals surface area contributed by atoms with Crippen LogP contribution in [0.15, 0.2) is 11.8 Å². The standard InChI is InChI=1S/C7H10O3/c1-4-5-7(2,3)10-6(8)9-5/h4H,1-3H3/b5-4+. The van der Waals surface area contributed by atoms with Gasteiger partial charge in [0.2, 0.25) is 0 Å². The van der Waals surface area contributed by atoms with Crippen LogP contribution in [0.2, 0.25) is 0 Å². The molecule has 3 nitrogen and oxygen atoms in total. The van der Waals surface area contributed by atoms with Crippen molar-refractivity contribution in [1.82, 2.24) is 0 Å². The minimum Gasteiger partial charge on any atom is -0.420 e. The first-order valence-corrected chi connectivity index (χ1v) is 3.14. The number of hydrogen-bond acceptors (Lipinski definition) is 3. The average molecular weight is 142 g/mol. The van der Waals surface area contributed by atoms with Crippen LogP contribution in [0.5, 0.6) is 0 Å². The second-order valence-corrected chi connectivity index (χ2v) is 2.62. The molecular weight excluding hydrogens is 132 g/mol. The number of rotatable bonds is 0. The van der Waals surface area contributed by atoms with Crippen LogP contribution >= 0.6 is 0 Å². The highest BCUT2D eigenvalue weighted by molar-refractivity contribution is 5.66. The predicted octanol–water partition coefficient (Wildman–Crippen LogP) is 1.84. The lowest BCUT2D eigenvalue weighted by atomic mass is 10.1. The third-order valence-corrected chi connectivity index (χ3v) is 1.39. The van der Waals surface area contributed by atoms with E-state index in [1.165, 1.54) is 0 Å². The molecule has 0 spiro atoms. The Morgan fingerprint density at radius 2 is 2.10 bits per heavy atom. The van der Waals surface area contributed by atoms with Gasteiger partial charge in [-0.05, 0) is 26.8 Å². The topological polar surface area (TPSA) is 35.5 Å². The zero-order chi connectivity index (χ0) is 7.78. The van der Waals surface area contributed by atoms with E-state index in [-0.39, 0.29) is 0 Å². The Morgan fingerprint density at radius 3 is 2.30 bits per heavy atom. The molecule has 0 aromatic heterocycles. The maximum Gasteiger partial charge on any atom is 0.514 e. The quantitative estimate of drug-likeness (QED) is 0.484. The van der Waals surface area contributed by atoms with E-state index in [1.807, 2.05) is 0 Å². The Kier molecular flexibility index (Phi) is 1.43. The van der Waals surface area contributed by atoms with Crippen molar-refractivity contribution in [2.24, 2.45) is 0 Å². The second kappa shape index (κ2) is 2.01. The van der Waals surface area contributed by atoms with E-state index in [0.717, 1.165) is 0 Å². The van der Waals surface area contributed by atoms with Crippen LogP contribution in [-0.4, -0.2) is 11.8 Å². The van der Waals surface area contributed by atoms with E-state index >= 15 is 0 Å². The summed E-state index contributed by atoms with van der Waals surface area (Å²) in [7, 11) is 0. The Labute approximate surface area is 59.6 Å². The fourth-order valence-corrected chi connectivity index (χ4v) is 0.899. The first-order chi connectivity index (χ1) is 4.56. The van der Waals surface area contributed by atoms with Gasteiger partial charge in [0.05, 0.1) is 0 Å². The zero-order valence-corrected chi connectivity index (χ0v) is 6.30. The minimum atomic E-state index is -0.613. The van der Waals surface area contributed by atoms with Gasteiger partial charge < -0.3 is 9.47 Å². The summed E-state index contributed by atoms with van der Waals surface area (Å²) >= 11 is 0. The Bertz CT molecular complexity index is 191. The number of allylic oxidation sites excluding steroid dienone is 1. The molecule has 0 bridgehead atoms. The molecule has 3 heteroatoms. The summed E-state index contributed by atoms with van der Waals surface area (Å²) in [5.41, 5.74) is -0.578. The molecule has 0 unspecified atom stereocenters. The molecule has 1 aliphatic heterocycles. The van der Waals surface area contributed by atoms with Crippen molar-refractivity contribution in [2.45, 2.75) is 26.4 Å². The molecule has 0 radical (unpaired) electrons. The molecule has 0 saturated carbocycles. The van der Waals surface area contributed by atoms with Crippen LogP contribution in [0.4, 0.5) is 4.79 Å². The molecule has 0 atom stereocenters. The smallest absolute Gasteiger partial charge is 0.420 e. The zero-order valence-electron chi connectivity index (χ0n) is 6.30. The van der Waals surface area contributed by atoms with Crippen LogP contribution < -0.4 is 0 Å². The van der Waals surface area contributed by atoms with E-state index in [4.69, 9.17) is 9.47 Å². The molecule has 0 aromatic rings. The molecule has 0 aliphatic carbocycles. The molecular formula is C7H10O3. The highest BCUT2D eigenvalue weighted by Gasteiger charge is 2.38. The Morgan fingerprint density at radius 1 is 1.50 bits per heavy atom. The number of ether oxygens (including phenoxy) is 2. The molecule has 56 valence electrons. The van der Waals surface area contributed by atoms with Gasteiger partial charge >= 0.3 is 6.16 Å². The SMILES string of the molecule is C/C=C1/OC(=O)OC1(C)C. The summed E-state index contributed by atoms with van der Waals surface area (Å²) in [5.74, 6) is 0.581. The van der Waals surface area contributed by atoms with E-state index in [0.29, 0.717) is 5.76 Å². The minimum absolute atomic E-state index is 0.578. The summed E-state index contributed by atoms with van der Waals surface area (Å²) in [6.07, 6.45) is 1.11. The largest absolute Gasteiger partial charge is 0.514 e. The lowest BCUT2D eigenvalue weighted by Crippen LogP contribution is -2.19. The average Bonchev–Trinajstić information content (AvgIpc) is 2.04. The number of carbonyl (C=O) groups excluding carboxylic acids is 1. The molecule has 1 aliphatic rings. The first kappa shape index (κ1) is 7.12. The van der Waals surface area contributed by atoms with Crippen LogP contribution in [0.1, 0.15) is 20.8 Å². The van der Waals surface area contributed by atoms with Crippen LogP contribution in [-0.2, 0) is 9.47 Å². The van der Waals surface area contributed by atoms with Gasteiger partial charge in [-0.25, -0.2) is 4.79 Å². The second-order valence-electron chi connectivity index (χ2n) is 2.62. The van der Waals surface area contributed by atoms with Crippen LogP contribution in [0.25, 0.3) is 0 Å². The van der Waals surface area contributed by atoms with Gasteiger partial charge in [0.1, 0.15) is 0 Å². The van der Waals surface area contributed by atoms with Gasteiger partial charge in [-0.3, -0.25) is 0 Å². The lowest BCUT2D eigenvalue weighted by Gasteiger charge is -2.12. The summed E-state index contributed by atoms with van der Waals surface area (Å²) < 4.78 is 9.55. The van der Waals surface area contributed by atoms with Crippen molar-refractivity contribution < 1.29 is 14.3 Å². The summed E-state index contributed by atoms with van der Waals surface area (Å²) in [4.78, 5) is 10.5. The molecule has 1 rings (SSSR count). The molecule has 0 N–H and O–H groups in total. The summed E-state index contributed by atoms with van der Waals surface area (Å²) in [5, 5.41) is 0. The molecule has 1 saturated heterocycles. The van der Waals surface area contributed by atoms with Crippen molar-refractivity contribution >= 4 is 6.16 Å². The monoisotopic (exact) mass is 142 g/mol. The van der Waals surface area contributed by atoms with Gasteiger partial charge in [-0.2, -0.15) is 0 Å². The summed E-state index contributed by atoms with van der Waals surface area (Å²) in [6.45, 7) is 5.37. The van der Waals surface area contributed by atoms with Crippen molar-refractivity contribution in [3.8, 4) is 0 Å². The Hall–Kier alpha value is -0.990. The first-order valence-electron chi connectivity index (χ1n) is 3.14. The predicted molar refractivity (Wildman–Crippen MR) is 35.4 cm³/mol. The van der Waals surface area contributed by atoms with Gasteiger partial charge in [0.15, 0.2) is 11.4 Å². The van der Waals surface area contributed by atoms with Crippen LogP contribution in [0.3, 0.4) is 0 Å². The van der Waals surface area contributed by atoms with E-state index in [9.17, 15) is 4.79 Å². The third kappa shape index (κ3) is 0.988. The fraction of sp³-hybridized carbons (Fsp3) is 0.571. The number of hydrogen-bond donors (Lipinski definition) is 0. The van der Waals surface area contributed by atoms with Crippen LogP contribution in [0, 0.1) is 0 Å². The van der Waals surface area contributed by atoms with Gasteiger partial charge in [-0.1, -0.05) is 0 Å². The van der Waals surface area contributed by atoms with Gasteiger partial charge in [0, 0.05) is 0 Å². The van der Waals surface area contributed by atoms with E-state index in [1.54, 1.807) is 26.8 Å². The van der Waals surface area contributed by atoms with E-state index in [2.05, 4.69) is 0 Å². The fourth-order valence-electron chi connectivity index (χ4n) is 0.899. The van der Waals surface area contributed by atoms with Crippen molar-refractivity contribution in [2.75, 3.05) is 0 Å². The molecule has 10 heavy (non-hydrogen) atoms. The molecule has 0 aromatic carbocycles. The maximum atomic E-state index is 10.5. The Balaban J connectivity index is 2.88. The number of carbonyl (C=O) groups is 1. The van der Waals surface area contributed by atoms with E-state index < -0.39 is 11.8 Å². The van der Waals surface area contributed by atoms with Gasteiger partial charge in [0.25, 0.3) is 0 Å². The van der Waals surface area contributed by atoms with Crippen molar-refractivity contribution in [1.29, 1.82) is 0 Å².